The van der Waals surface area contributed by atoms with E-state index in [1.54, 1.807) is 0 Å². The second-order valence-electron chi connectivity index (χ2n) is 5.18. The Bertz CT molecular complexity index is 1040. The smallest absolute Gasteiger partial charge is 0.281 e. The number of hydrogen-bond acceptors (Lipinski definition) is 5. The molecule has 2 N–H and O–H groups in total. The van der Waals surface area contributed by atoms with Crippen LogP contribution in [0.3, 0.4) is 0 Å². The number of aromatic amines is 2. The lowest BCUT2D eigenvalue weighted by Gasteiger charge is -2.10. The number of rotatable bonds is 4. The fraction of sp³-hybridized carbons (Fsp3) is 0.0588. The standard InChI is InChI=1S/C17H13N5O2/c23-17-14-16(21-22-20-14)18-15(19-17)12-8-4-5-9-13(12)24-10-11-6-2-1-3-7-11/h1-9H,10H2,(H2,18,19,20,21,22,23). The van der Waals surface area contributed by atoms with Gasteiger partial charge in [-0.3, -0.25) is 4.79 Å². The Kier molecular flexibility index (Phi) is 3.51. The van der Waals surface area contributed by atoms with E-state index >= 15 is 0 Å². The summed E-state index contributed by atoms with van der Waals surface area (Å²) in [5.74, 6) is 1.03. The van der Waals surface area contributed by atoms with Crippen LogP contribution in [0, 0.1) is 0 Å². The van der Waals surface area contributed by atoms with Crippen molar-refractivity contribution in [1.29, 1.82) is 0 Å². The van der Waals surface area contributed by atoms with E-state index in [-0.39, 0.29) is 16.7 Å². The van der Waals surface area contributed by atoms with Crippen LogP contribution in [0.2, 0.25) is 0 Å². The summed E-state index contributed by atoms with van der Waals surface area (Å²) in [4.78, 5) is 19.1. The van der Waals surface area contributed by atoms with Crippen molar-refractivity contribution >= 4 is 11.2 Å². The Labute approximate surface area is 136 Å². The van der Waals surface area contributed by atoms with Gasteiger partial charge >= 0.3 is 0 Å². The van der Waals surface area contributed by atoms with Crippen molar-refractivity contribution < 1.29 is 4.74 Å². The Balaban J connectivity index is 1.71. The maximum absolute atomic E-state index is 12.1. The molecule has 0 saturated heterocycles. The van der Waals surface area contributed by atoms with Crippen LogP contribution in [0.5, 0.6) is 5.75 Å². The van der Waals surface area contributed by atoms with Gasteiger partial charge in [0.25, 0.3) is 5.56 Å². The van der Waals surface area contributed by atoms with Gasteiger partial charge in [0.05, 0.1) is 5.56 Å². The molecule has 24 heavy (non-hydrogen) atoms. The van der Waals surface area contributed by atoms with Crippen molar-refractivity contribution in [3.05, 3.63) is 70.5 Å². The molecule has 0 fully saturated rings. The molecule has 2 heterocycles. The molecule has 4 aromatic rings. The van der Waals surface area contributed by atoms with Gasteiger partial charge in [-0.15, -0.1) is 10.2 Å². The van der Waals surface area contributed by atoms with Crippen molar-refractivity contribution in [2.75, 3.05) is 0 Å². The summed E-state index contributed by atoms with van der Waals surface area (Å²) < 4.78 is 5.91. The average Bonchev–Trinajstić information content (AvgIpc) is 3.10. The number of nitrogens with one attached hydrogen (secondary N) is 2. The van der Waals surface area contributed by atoms with E-state index in [2.05, 4.69) is 25.4 Å². The minimum Gasteiger partial charge on any atom is -0.488 e. The second-order valence-corrected chi connectivity index (χ2v) is 5.18. The lowest BCUT2D eigenvalue weighted by molar-refractivity contribution is 0.307. The first-order valence-electron chi connectivity index (χ1n) is 7.38. The van der Waals surface area contributed by atoms with Crippen molar-refractivity contribution in [3.8, 4) is 17.1 Å². The zero-order valence-electron chi connectivity index (χ0n) is 12.6. The molecule has 2 aromatic heterocycles. The molecule has 7 nitrogen and oxygen atoms in total. The predicted molar refractivity (Wildman–Crippen MR) is 88.5 cm³/mol. The first kappa shape index (κ1) is 14.1. The van der Waals surface area contributed by atoms with Crippen molar-refractivity contribution in [1.82, 2.24) is 25.4 Å². The van der Waals surface area contributed by atoms with Crippen LogP contribution in [0.4, 0.5) is 0 Å². The highest BCUT2D eigenvalue weighted by Gasteiger charge is 2.12. The third-order valence-electron chi connectivity index (χ3n) is 3.57. The van der Waals surface area contributed by atoms with E-state index in [0.717, 1.165) is 5.56 Å². The predicted octanol–water partition coefficient (Wildman–Crippen LogP) is 2.29. The quantitative estimate of drug-likeness (QED) is 0.601. The molecule has 0 bridgehead atoms. The van der Waals surface area contributed by atoms with Crippen LogP contribution >= 0.6 is 0 Å². The Morgan fingerprint density at radius 1 is 0.958 bits per heavy atom. The monoisotopic (exact) mass is 319 g/mol. The second kappa shape index (κ2) is 5.96. The van der Waals surface area contributed by atoms with E-state index in [4.69, 9.17) is 4.74 Å². The van der Waals surface area contributed by atoms with Gasteiger partial charge in [0.2, 0.25) is 5.65 Å². The molecule has 2 aromatic carbocycles. The minimum absolute atomic E-state index is 0.182. The summed E-state index contributed by atoms with van der Waals surface area (Å²) in [6, 6.07) is 17.3. The first-order valence-corrected chi connectivity index (χ1v) is 7.38. The van der Waals surface area contributed by atoms with Crippen molar-refractivity contribution in [2.45, 2.75) is 6.61 Å². The van der Waals surface area contributed by atoms with Gasteiger partial charge in [0.15, 0.2) is 5.52 Å². The van der Waals surface area contributed by atoms with E-state index in [1.807, 2.05) is 54.6 Å². The summed E-state index contributed by atoms with van der Waals surface area (Å²) in [6.45, 7) is 0.425. The van der Waals surface area contributed by atoms with Gasteiger partial charge in [0.1, 0.15) is 18.2 Å². The van der Waals surface area contributed by atoms with Crippen LogP contribution in [-0.4, -0.2) is 25.4 Å². The van der Waals surface area contributed by atoms with E-state index in [1.165, 1.54) is 0 Å². The molecular formula is C17H13N5O2. The fourth-order valence-corrected chi connectivity index (χ4v) is 2.41. The topological polar surface area (TPSA) is 96.5 Å². The zero-order valence-corrected chi connectivity index (χ0v) is 12.6. The van der Waals surface area contributed by atoms with Crippen LogP contribution in [0.25, 0.3) is 22.6 Å². The first-order chi connectivity index (χ1) is 11.8. The number of nitrogens with zero attached hydrogens (tertiary/aromatic N) is 3. The van der Waals surface area contributed by atoms with Crippen LogP contribution in [0.1, 0.15) is 5.56 Å². The van der Waals surface area contributed by atoms with E-state index in [0.29, 0.717) is 23.7 Å². The van der Waals surface area contributed by atoms with Crippen LogP contribution < -0.4 is 10.3 Å². The molecule has 0 atom stereocenters. The third-order valence-corrected chi connectivity index (χ3v) is 3.57. The molecule has 0 aliphatic rings. The molecule has 0 amide bonds. The summed E-state index contributed by atoms with van der Waals surface area (Å²) in [7, 11) is 0. The molecule has 118 valence electrons. The third kappa shape index (κ3) is 2.63. The number of benzene rings is 2. The van der Waals surface area contributed by atoms with Crippen LogP contribution in [-0.2, 0) is 6.61 Å². The number of ether oxygens (including phenoxy) is 1. The SMILES string of the molecule is O=c1[nH]c(-c2ccccc2OCc2ccccc2)nc2n[nH]nc12. The highest BCUT2D eigenvalue weighted by atomic mass is 16.5. The Morgan fingerprint density at radius 3 is 2.62 bits per heavy atom. The molecule has 4 rings (SSSR count). The van der Waals surface area contributed by atoms with Crippen molar-refractivity contribution in [3.63, 3.8) is 0 Å². The number of aromatic nitrogens is 5. The van der Waals surface area contributed by atoms with Gasteiger partial charge in [-0.25, -0.2) is 4.98 Å². The van der Waals surface area contributed by atoms with E-state index < -0.39 is 0 Å². The molecule has 0 unspecified atom stereocenters. The fourth-order valence-electron chi connectivity index (χ4n) is 2.41. The molecule has 0 spiro atoms. The number of H-pyrrole nitrogens is 2. The normalized spacial score (nSPS) is 10.8. The highest BCUT2D eigenvalue weighted by Crippen LogP contribution is 2.27. The summed E-state index contributed by atoms with van der Waals surface area (Å²) >= 11 is 0. The summed E-state index contributed by atoms with van der Waals surface area (Å²) in [5.41, 5.74) is 1.85. The number of fused-ring (bicyclic) bond motifs is 1. The Hall–Kier alpha value is -3.48. The molecule has 0 radical (unpaired) electrons. The van der Waals surface area contributed by atoms with Gasteiger partial charge in [-0.2, -0.15) is 5.21 Å². The zero-order chi connectivity index (χ0) is 16.4. The average molecular weight is 319 g/mol. The number of hydrogen-bond donors (Lipinski definition) is 2. The van der Waals surface area contributed by atoms with Gasteiger partial charge < -0.3 is 9.72 Å². The van der Waals surface area contributed by atoms with Crippen LogP contribution in [0.15, 0.2) is 59.4 Å². The molecule has 0 saturated carbocycles. The molecular weight excluding hydrogens is 306 g/mol. The lowest BCUT2D eigenvalue weighted by atomic mass is 10.2. The largest absolute Gasteiger partial charge is 0.488 e. The van der Waals surface area contributed by atoms with Gasteiger partial charge in [-0.05, 0) is 17.7 Å². The lowest BCUT2D eigenvalue weighted by Crippen LogP contribution is -2.10. The molecule has 0 aliphatic carbocycles. The summed E-state index contributed by atoms with van der Waals surface area (Å²) in [6.07, 6.45) is 0. The Morgan fingerprint density at radius 2 is 1.75 bits per heavy atom. The van der Waals surface area contributed by atoms with Gasteiger partial charge in [0, 0.05) is 0 Å². The van der Waals surface area contributed by atoms with Gasteiger partial charge in [-0.1, -0.05) is 42.5 Å². The molecule has 0 aliphatic heterocycles. The van der Waals surface area contributed by atoms with Crippen molar-refractivity contribution in [2.24, 2.45) is 0 Å². The number of para-hydroxylation sites is 1. The molecule has 7 heteroatoms. The maximum atomic E-state index is 12.1. The van der Waals surface area contributed by atoms with E-state index in [9.17, 15) is 4.79 Å². The highest BCUT2D eigenvalue weighted by molar-refractivity contribution is 5.72. The maximum Gasteiger partial charge on any atom is 0.281 e. The summed E-state index contributed by atoms with van der Waals surface area (Å²) in [5, 5.41) is 10.1. The minimum atomic E-state index is -0.346.